The van der Waals surface area contributed by atoms with Gasteiger partial charge in [-0.05, 0) is 30.7 Å². The highest BCUT2D eigenvalue weighted by Crippen LogP contribution is 2.33. The van der Waals surface area contributed by atoms with Crippen LogP contribution in [0, 0.1) is 0 Å². The van der Waals surface area contributed by atoms with Crippen LogP contribution in [0.2, 0.25) is 0 Å². The standard InChI is InChI=1S/C11H14ClNS/c1-13-7-10(12)8-2-3-11-9(6-8)4-5-14-11/h2-3,6,10,13H,4-5,7H2,1H3. The Morgan fingerprint density at radius 2 is 2.43 bits per heavy atom. The molecule has 1 unspecified atom stereocenters. The molecule has 1 aliphatic heterocycles. The minimum atomic E-state index is 0.0934. The first-order chi connectivity index (χ1) is 6.81. The Morgan fingerprint density at radius 3 is 3.21 bits per heavy atom. The molecular formula is C11H14ClNS. The highest BCUT2D eigenvalue weighted by atomic mass is 35.5. The van der Waals surface area contributed by atoms with Crippen molar-refractivity contribution in [1.82, 2.24) is 5.32 Å². The number of alkyl halides is 1. The zero-order valence-corrected chi connectivity index (χ0v) is 9.79. The molecule has 1 aliphatic rings. The normalized spacial score (nSPS) is 16.7. The van der Waals surface area contributed by atoms with Crippen LogP contribution in [0.3, 0.4) is 0 Å². The van der Waals surface area contributed by atoms with Crippen molar-refractivity contribution < 1.29 is 0 Å². The van der Waals surface area contributed by atoms with Crippen molar-refractivity contribution in [3.8, 4) is 0 Å². The maximum absolute atomic E-state index is 6.24. The minimum absolute atomic E-state index is 0.0934. The Bertz CT molecular complexity index is 327. The SMILES string of the molecule is CNCC(Cl)c1ccc2c(c1)CCS2. The van der Waals surface area contributed by atoms with Gasteiger partial charge >= 0.3 is 0 Å². The molecule has 0 aromatic heterocycles. The molecule has 1 N–H and O–H groups in total. The molecule has 1 aromatic carbocycles. The summed E-state index contributed by atoms with van der Waals surface area (Å²) >= 11 is 8.18. The van der Waals surface area contributed by atoms with E-state index >= 15 is 0 Å². The van der Waals surface area contributed by atoms with Crippen molar-refractivity contribution in [1.29, 1.82) is 0 Å². The molecule has 14 heavy (non-hydrogen) atoms. The summed E-state index contributed by atoms with van der Waals surface area (Å²) in [5.74, 6) is 1.22. The highest BCUT2D eigenvalue weighted by Gasteiger charge is 2.14. The van der Waals surface area contributed by atoms with Crippen LogP contribution in [-0.4, -0.2) is 19.3 Å². The van der Waals surface area contributed by atoms with Crippen LogP contribution in [0.15, 0.2) is 23.1 Å². The maximum atomic E-state index is 6.24. The van der Waals surface area contributed by atoms with Crippen molar-refractivity contribution in [3.05, 3.63) is 29.3 Å². The fourth-order valence-electron chi connectivity index (χ4n) is 1.70. The van der Waals surface area contributed by atoms with Gasteiger partial charge in [-0.25, -0.2) is 0 Å². The van der Waals surface area contributed by atoms with E-state index in [1.165, 1.54) is 28.2 Å². The number of likely N-dealkylation sites (N-methyl/N-ethyl adjacent to an activating group) is 1. The lowest BCUT2D eigenvalue weighted by Gasteiger charge is -2.10. The molecule has 0 saturated heterocycles. The van der Waals surface area contributed by atoms with Crippen LogP contribution < -0.4 is 5.32 Å². The third-order valence-electron chi connectivity index (χ3n) is 2.46. The largest absolute Gasteiger partial charge is 0.318 e. The summed E-state index contributed by atoms with van der Waals surface area (Å²) < 4.78 is 0. The van der Waals surface area contributed by atoms with E-state index in [1.54, 1.807) is 0 Å². The Morgan fingerprint density at radius 1 is 1.57 bits per heavy atom. The van der Waals surface area contributed by atoms with Crippen molar-refractivity contribution in [2.24, 2.45) is 0 Å². The van der Waals surface area contributed by atoms with Gasteiger partial charge in [0, 0.05) is 17.2 Å². The fraction of sp³-hybridized carbons (Fsp3) is 0.455. The Kier molecular flexibility index (Phi) is 3.37. The van der Waals surface area contributed by atoms with E-state index in [9.17, 15) is 0 Å². The summed E-state index contributed by atoms with van der Waals surface area (Å²) in [5.41, 5.74) is 2.71. The van der Waals surface area contributed by atoms with Crippen LogP contribution in [0.25, 0.3) is 0 Å². The third kappa shape index (κ3) is 2.08. The molecule has 1 heterocycles. The molecule has 76 valence electrons. The molecule has 1 aromatic rings. The molecule has 0 saturated carbocycles. The highest BCUT2D eigenvalue weighted by molar-refractivity contribution is 7.99. The van der Waals surface area contributed by atoms with Gasteiger partial charge in [0.05, 0.1) is 5.38 Å². The van der Waals surface area contributed by atoms with E-state index in [4.69, 9.17) is 11.6 Å². The predicted octanol–water partition coefficient (Wildman–Crippen LogP) is 2.83. The molecule has 0 spiro atoms. The number of fused-ring (bicyclic) bond motifs is 1. The lowest BCUT2D eigenvalue weighted by molar-refractivity contribution is 0.769. The first kappa shape index (κ1) is 10.3. The Labute approximate surface area is 94.2 Å². The summed E-state index contributed by atoms with van der Waals surface area (Å²) in [6, 6.07) is 6.60. The van der Waals surface area contributed by atoms with Gasteiger partial charge in [0.2, 0.25) is 0 Å². The zero-order chi connectivity index (χ0) is 9.97. The molecule has 3 heteroatoms. The summed E-state index contributed by atoms with van der Waals surface area (Å²) in [4.78, 5) is 1.43. The second kappa shape index (κ2) is 4.56. The van der Waals surface area contributed by atoms with Crippen molar-refractivity contribution >= 4 is 23.4 Å². The second-order valence-electron chi connectivity index (χ2n) is 3.49. The zero-order valence-electron chi connectivity index (χ0n) is 8.22. The summed E-state index contributed by atoms with van der Waals surface area (Å²) in [6.07, 6.45) is 1.19. The van der Waals surface area contributed by atoms with Gasteiger partial charge in [-0.1, -0.05) is 12.1 Å². The van der Waals surface area contributed by atoms with Gasteiger partial charge in [0.15, 0.2) is 0 Å². The number of hydrogen-bond acceptors (Lipinski definition) is 2. The quantitative estimate of drug-likeness (QED) is 0.798. The monoisotopic (exact) mass is 227 g/mol. The van der Waals surface area contributed by atoms with E-state index in [-0.39, 0.29) is 5.38 Å². The summed E-state index contributed by atoms with van der Waals surface area (Å²) in [6.45, 7) is 0.827. The first-order valence-electron chi connectivity index (χ1n) is 4.85. The molecule has 0 aliphatic carbocycles. The molecule has 2 rings (SSSR count). The predicted molar refractivity (Wildman–Crippen MR) is 63.4 cm³/mol. The van der Waals surface area contributed by atoms with E-state index in [0.29, 0.717) is 0 Å². The molecule has 1 atom stereocenters. The molecule has 1 nitrogen and oxygen atoms in total. The number of rotatable bonds is 3. The van der Waals surface area contributed by atoms with E-state index in [0.717, 1.165) is 6.54 Å². The van der Waals surface area contributed by atoms with E-state index in [1.807, 2.05) is 18.8 Å². The third-order valence-corrected chi connectivity index (χ3v) is 3.98. The maximum Gasteiger partial charge on any atom is 0.0709 e. The van der Waals surface area contributed by atoms with Crippen molar-refractivity contribution in [2.75, 3.05) is 19.3 Å². The number of aryl methyl sites for hydroxylation is 1. The van der Waals surface area contributed by atoms with Crippen molar-refractivity contribution in [3.63, 3.8) is 0 Å². The number of benzene rings is 1. The number of hydrogen-bond donors (Lipinski definition) is 1. The second-order valence-corrected chi connectivity index (χ2v) is 5.15. The van der Waals surface area contributed by atoms with Crippen LogP contribution in [0.5, 0.6) is 0 Å². The average Bonchev–Trinajstić information content (AvgIpc) is 2.64. The summed E-state index contributed by atoms with van der Waals surface area (Å²) in [7, 11) is 1.93. The molecule has 0 bridgehead atoms. The topological polar surface area (TPSA) is 12.0 Å². The number of thioether (sulfide) groups is 1. The van der Waals surface area contributed by atoms with E-state index < -0.39 is 0 Å². The van der Waals surface area contributed by atoms with Gasteiger partial charge in [0.25, 0.3) is 0 Å². The fourth-order valence-corrected chi connectivity index (χ4v) is 3.04. The van der Waals surface area contributed by atoms with Crippen LogP contribution in [-0.2, 0) is 6.42 Å². The minimum Gasteiger partial charge on any atom is -0.318 e. The lowest BCUT2D eigenvalue weighted by atomic mass is 10.1. The van der Waals surface area contributed by atoms with Gasteiger partial charge in [-0.3, -0.25) is 0 Å². The van der Waals surface area contributed by atoms with Gasteiger partial charge in [0.1, 0.15) is 0 Å². The van der Waals surface area contributed by atoms with E-state index in [2.05, 4.69) is 23.5 Å². The molecular weight excluding hydrogens is 214 g/mol. The van der Waals surface area contributed by atoms with Gasteiger partial charge in [-0.15, -0.1) is 23.4 Å². The van der Waals surface area contributed by atoms with Gasteiger partial charge in [-0.2, -0.15) is 0 Å². The molecule has 0 amide bonds. The average molecular weight is 228 g/mol. The van der Waals surface area contributed by atoms with Crippen LogP contribution >= 0.6 is 23.4 Å². The van der Waals surface area contributed by atoms with Crippen LogP contribution in [0.4, 0.5) is 0 Å². The molecule has 0 radical (unpaired) electrons. The van der Waals surface area contributed by atoms with Crippen LogP contribution in [0.1, 0.15) is 16.5 Å². The Hall–Kier alpha value is -0.180. The smallest absolute Gasteiger partial charge is 0.0709 e. The molecule has 0 fully saturated rings. The Balaban J connectivity index is 2.19. The number of halogens is 1. The van der Waals surface area contributed by atoms with Crippen molar-refractivity contribution in [2.45, 2.75) is 16.7 Å². The summed E-state index contributed by atoms with van der Waals surface area (Å²) in [5, 5.41) is 3.19. The first-order valence-corrected chi connectivity index (χ1v) is 6.28. The van der Waals surface area contributed by atoms with Gasteiger partial charge < -0.3 is 5.32 Å². The number of nitrogens with one attached hydrogen (secondary N) is 1. The lowest BCUT2D eigenvalue weighted by Crippen LogP contribution is -2.13.